The summed E-state index contributed by atoms with van der Waals surface area (Å²) >= 11 is 0. The van der Waals surface area contributed by atoms with E-state index in [0.29, 0.717) is 11.7 Å². The molecule has 0 spiro atoms. The highest BCUT2D eigenvalue weighted by Crippen LogP contribution is 2.37. The molecule has 2 aromatic carbocycles. The second-order valence-corrected chi connectivity index (χ2v) is 10.6. The molecular weight excluding hydrogens is 470 g/mol. The van der Waals surface area contributed by atoms with Crippen molar-refractivity contribution in [2.45, 2.75) is 78.2 Å². The van der Waals surface area contributed by atoms with E-state index >= 15 is 0 Å². The smallest absolute Gasteiger partial charge is 0.205 e. The van der Waals surface area contributed by atoms with Crippen LogP contribution in [0.4, 0.5) is 0 Å². The van der Waals surface area contributed by atoms with Gasteiger partial charge in [-0.3, -0.25) is 0 Å². The van der Waals surface area contributed by atoms with Crippen molar-refractivity contribution in [3.8, 4) is 22.5 Å². The minimum absolute atomic E-state index is 0.622. The molecular formula is C31H35N7. The molecule has 0 radical (unpaired) electrons. The SMILES string of the molecule is CCc1nc2c(C)cc(C)nc2n1Cc1ccc(-c2cc(C3CCCCCC3)ccc2-c2nn[nH]n2)cc1. The zero-order valence-electron chi connectivity index (χ0n) is 22.5. The number of H-pyrrole nitrogens is 1. The average Bonchev–Trinajstić information content (AvgIpc) is 3.49. The summed E-state index contributed by atoms with van der Waals surface area (Å²) in [5, 5.41) is 15.0. The fourth-order valence-corrected chi connectivity index (χ4v) is 5.99. The van der Waals surface area contributed by atoms with Gasteiger partial charge in [0.2, 0.25) is 5.82 Å². The third-order valence-electron chi connectivity index (χ3n) is 7.98. The Hall–Kier alpha value is -3.87. The number of aromatic amines is 1. The Morgan fingerprint density at radius 3 is 2.39 bits per heavy atom. The summed E-state index contributed by atoms with van der Waals surface area (Å²) in [5.74, 6) is 2.32. The van der Waals surface area contributed by atoms with Gasteiger partial charge in [-0.05, 0) is 71.7 Å². The van der Waals surface area contributed by atoms with E-state index in [2.05, 4.69) is 94.5 Å². The molecule has 0 aliphatic heterocycles. The van der Waals surface area contributed by atoms with Gasteiger partial charge in [0.25, 0.3) is 0 Å². The maximum absolute atomic E-state index is 4.91. The molecule has 5 aromatic rings. The third kappa shape index (κ3) is 4.73. The van der Waals surface area contributed by atoms with Crippen LogP contribution in [0.3, 0.4) is 0 Å². The van der Waals surface area contributed by atoms with Crippen molar-refractivity contribution in [1.82, 2.24) is 35.2 Å². The molecule has 1 aliphatic rings. The molecule has 7 nitrogen and oxygen atoms in total. The Labute approximate surface area is 223 Å². The van der Waals surface area contributed by atoms with Crippen molar-refractivity contribution in [1.29, 1.82) is 0 Å². The first-order valence-corrected chi connectivity index (χ1v) is 13.9. The minimum atomic E-state index is 0.622. The second kappa shape index (κ2) is 10.5. The largest absolute Gasteiger partial charge is 0.308 e. The van der Waals surface area contributed by atoms with Crippen LogP contribution in [0, 0.1) is 13.8 Å². The highest BCUT2D eigenvalue weighted by molar-refractivity contribution is 5.81. The number of imidazole rings is 1. The van der Waals surface area contributed by atoms with Crippen LogP contribution < -0.4 is 0 Å². The fourth-order valence-electron chi connectivity index (χ4n) is 5.99. The second-order valence-electron chi connectivity index (χ2n) is 10.6. The molecule has 7 heteroatoms. The van der Waals surface area contributed by atoms with E-state index in [1.165, 1.54) is 60.8 Å². The van der Waals surface area contributed by atoms with Gasteiger partial charge in [0.15, 0.2) is 5.65 Å². The van der Waals surface area contributed by atoms with Gasteiger partial charge in [-0.1, -0.05) is 75.1 Å². The Morgan fingerprint density at radius 1 is 0.895 bits per heavy atom. The van der Waals surface area contributed by atoms with Gasteiger partial charge in [-0.25, -0.2) is 9.97 Å². The van der Waals surface area contributed by atoms with Gasteiger partial charge in [-0.2, -0.15) is 5.21 Å². The summed E-state index contributed by atoms with van der Waals surface area (Å²) in [6.07, 6.45) is 8.75. The number of hydrogen-bond donors (Lipinski definition) is 1. The third-order valence-corrected chi connectivity index (χ3v) is 7.98. The topological polar surface area (TPSA) is 85.2 Å². The molecule has 0 atom stereocenters. The molecule has 38 heavy (non-hydrogen) atoms. The number of aryl methyl sites for hydroxylation is 3. The van der Waals surface area contributed by atoms with Crippen molar-refractivity contribution >= 4 is 11.2 Å². The Bertz CT molecular complexity index is 1540. The van der Waals surface area contributed by atoms with Gasteiger partial charge in [-0.15, -0.1) is 10.2 Å². The average molecular weight is 506 g/mol. The van der Waals surface area contributed by atoms with Crippen LogP contribution in [0.1, 0.15) is 79.6 Å². The molecule has 0 bridgehead atoms. The van der Waals surface area contributed by atoms with Crippen molar-refractivity contribution in [3.63, 3.8) is 0 Å². The molecule has 3 aromatic heterocycles. The van der Waals surface area contributed by atoms with Crippen LogP contribution in [0.15, 0.2) is 48.5 Å². The van der Waals surface area contributed by atoms with E-state index < -0.39 is 0 Å². The van der Waals surface area contributed by atoms with Gasteiger partial charge in [0, 0.05) is 17.7 Å². The lowest BCUT2D eigenvalue weighted by Gasteiger charge is -2.17. The van der Waals surface area contributed by atoms with Crippen molar-refractivity contribution < 1.29 is 0 Å². The number of rotatable bonds is 6. The molecule has 0 unspecified atom stereocenters. The lowest BCUT2D eigenvalue weighted by atomic mass is 9.87. The predicted octanol–water partition coefficient (Wildman–Crippen LogP) is 6.94. The van der Waals surface area contributed by atoms with Crippen LogP contribution in [-0.4, -0.2) is 35.2 Å². The molecule has 1 N–H and O–H groups in total. The van der Waals surface area contributed by atoms with Gasteiger partial charge < -0.3 is 4.57 Å². The van der Waals surface area contributed by atoms with Crippen molar-refractivity contribution in [3.05, 3.63) is 76.7 Å². The number of hydrogen-bond acceptors (Lipinski definition) is 5. The lowest BCUT2D eigenvalue weighted by Crippen LogP contribution is -2.05. The summed E-state index contributed by atoms with van der Waals surface area (Å²) in [4.78, 5) is 9.76. The van der Waals surface area contributed by atoms with E-state index in [4.69, 9.17) is 9.97 Å². The van der Waals surface area contributed by atoms with Crippen molar-refractivity contribution in [2.24, 2.45) is 0 Å². The quantitative estimate of drug-likeness (QED) is 0.253. The van der Waals surface area contributed by atoms with Crippen LogP contribution in [-0.2, 0) is 13.0 Å². The van der Waals surface area contributed by atoms with E-state index in [0.717, 1.165) is 46.8 Å². The van der Waals surface area contributed by atoms with Crippen molar-refractivity contribution in [2.75, 3.05) is 0 Å². The molecule has 1 aliphatic carbocycles. The Balaban J connectivity index is 1.36. The molecule has 0 amide bonds. The van der Waals surface area contributed by atoms with Gasteiger partial charge in [0.1, 0.15) is 11.3 Å². The zero-order valence-corrected chi connectivity index (χ0v) is 22.5. The molecule has 3 heterocycles. The van der Waals surface area contributed by atoms with Crippen LogP contribution in [0.5, 0.6) is 0 Å². The van der Waals surface area contributed by atoms with Crippen LogP contribution >= 0.6 is 0 Å². The molecule has 1 fully saturated rings. The van der Waals surface area contributed by atoms with E-state index in [1.807, 2.05) is 0 Å². The summed E-state index contributed by atoms with van der Waals surface area (Å²) in [6, 6.07) is 17.8. The predicted molar refractivity (Wildman–Crippen MR) is 151 cm³/mol. The van der Waals surface area contributed by atoms with Crippen LogP contribution in [0.2, 0.25) is 0 Å². The highest BCUT2D eigenvalue weighted by atomic mass is 15.5. The van der Waals surface area contributed by atoms with Gasteiger partial charge in [0.05, 0.1) is 6.54 Å². The van der Waals surface area contributed by atoms with Crippen LogP contribution in [0.25, 0.3) is 33.7 Å². The minimum Gasteiger partial charge on any atom is -0.308 e. The number of fused-ring (bicyclic) bond motifs is 1. The fraction of sp³-hybridized carbons (Fsp3) is 0.387. The number of nitrogens with zero attached hydrogens (tertiary/aromatic N) is 6. The summed E-state index contributed by atoms with van der Waals surface area (Å²) in [6.45, 7) is 7.07. The maximum Gasteiger partial charge on any atom is 0.205 e. The van der Waals surface area contributed by atoms with Gasteiger partial charge >= 0.3 is 0 Å². The molecule has 1 saturated carbocycles. The maximum atomic E-state index is 4.91. The zero-order chi connectivity index (χ0) is 26.1. The standard InChI is InChI=1S/C31H35N7/c1-4-28-33-29-20(2)17-21(3)32-31(29)38(28)19-22-11-13-24(14-12-22)27-18-25(23-9-7-5-6-8-10-23)15-16-26(27)30-34-36-37-35-30/h11-18,23H,4-10,19H2,1-3H3,(H,34,35,36,37). The molecule has 0 saturated heterocycles. The Morgan fingerprint density at radius 2 is 1.68 bits per heavy atom. The monoisotopic (exact) mass is 505 g/mol. The number of tetrazole rings is 1. The number of nitrogens with one attached hydrogen (secondary N) is 1. The number of aromatic nitrogens is 7. The van der Waals surface area contributed by atoms with E-state index in [1.54, 1.807) is 0 Å². The van der Waals surface area contributed by atoms with E-state index in [-0.39, 0.29) is 0 Å². The first kappa shape index (κ1) is 24.5. The Kier molecular flexibility index (Phi) is 6.75. The number of benzene rings is 2. The first-order valence-electron chi connectivity index (χ1n) is 13.9. The summed E-state index contributed by atoms with van der Waals surface area (Å²) in [5.41, 5.74) is 10.2. The molecule has 6 rings (SSSR count). The summed E-state index contributed by atoms with van der Waals surface area (Å²) < 4.78 is 2.27. The number of pyridine rings is 1. The normalized spacial score (nSPS) is 14.7. The van der Waals surface area contributed by atoms with E-state index in [9.17, 15) is 0 Å². The lowest BCUT2D eigenvalue weighted by molar-refractivity contribution is 0.593. The highest BCUT2D eigenvalue weighted by Gasteiger charge is 2.19. The summed E-state index contributed by atoms with van der Waals surface area (Å²) in [7, 11) is 0. The molecule has 194 valence electrons. The first-order chi connectivity index (χ1) is 18.6.